The van der Waals surface area contributed by atoms with Gasteiger partial charge in [0.25, 0.3) is 5.91 Å². The highest BCUT2D eigenvalue weighted by molar-refractivity contribution is 6.31. The number of ether oxygens (including phenoxy) is 1. The molecule has 0 unspecified atom stereocenters. The van der Waals surface area contributed by atoms with E-state index in [4.69, 9.17) is 32.4 Å². The second kappa shape index (κ2) is 10.3. The van der Waals surface area contributed by atoms with Crippen LogP contribution in [-0.2, 0) is 11.3 Å². The minimum atomic E-state index is -0.607. The van der Waals surface area contributed by atoms with Crippen molar-refractivity contribution in [1.82, 2.24) is 15.5 Å². The molecule has 0 atom stereocenters. The summed E-state index contributed by atoms with van der Waals surface area (Å²) in [7, 11) is 0. The third-order valence-electron chi connectivity index (χ3n) is 5.35. The summed E-state index contributed by atoms with van der Waals surface area (Å²) in [6, 6.07) is 11.0. The number of likely N-dealkylation sites (tertiary alicyclic amines) is 1. The summed E-state index contributed by atoms with van der Waals surface area (Å²) in [6.07, 6.45) is 1.25. The predicted octanol–water partition coefficient (Wildman–Crippen LogP) is 4.75. The molecule has 1 aliphatic rings. The van der Waals surface area contributed by atoms with E-state index in [2.05, 4.69) is 10.6 Å². The highest BCUT2D eigenvalue weighted by atomic mass is 35.5. The molecule has 0 bridgehead atoms. The zero-order chi connectivity index (χ0) is 23.4. The largest absolute Gasteiger partial charge is 0.484 e. The summed E-state index contributed by atoms with van der Waals surface area (Å²) in [5.74, 6) is -0.0439. The van der Waals surface area contributed by atoms with Gasteiger partial charge in [0.1, 0.15) is 22.9 Å². The fourth-order valence-electron chi connectivity index (χ4n) is 3.64. The number of carbonyl (C=O) groups is 2. The molecular weight excluding hydrogens is 472 g/mol. The zero-order valence-corrected chi connectivity index (χ0v) is 19.1. The molecule has 1 fully saturated rings. The lowest BCUT2D eigenvalue weighted by Gasteiger charge is -2.32. The molecule has 1 aliphatic heterocycles. The van der Waals surface area contributed by atoms with Crippen LogP contribution in [0.3, 0.4) is 0 Å². The number of carbonyl (C=O) groups excluding carboxylic acids is 2. The number of furan rings is 1. The Morgan fingerprint density at radius 3 is 2.67 bits per heavy atom. The van der Waals surface area contributed by atoms with Crippen molar-refractivity contribution in [3.63, 3.8) is 0 Å². The molecule has 33 heavy (non-hydrogen) atoms. The maximum Gasteiger partial charge on any atom is 0.317 e. The number of halogens is 3. The van der Waals surface area contributed by atoms with Crippen molar-refractivity contribution in [3.05, 3.63) is 64.1 Å². The number of piperidine rings is 1. The number of amides is 3. The average molecular weight is 494 g/mol. The van der Waals surface area contributed by atoms with Gasteiger partial charge in [0.15, 0.2) is 6.61 Å². The molecule has 2 heterocycles. The van der Waals surface area contributed by atoms with E-state index in [1.165, 1.54) is 12.1 Å². The highest BCUT2D eigenvalue weighted by Crippen LogP contribution is 2.23. The van der Waals surface area contributed by atoms with Gasteiger partial charge in [-0.25, -0.2) is 9.18 Å². The Morgan fingerprint density at radius 2 is 1.91 bits per heavy atom. The Labute approximate surface area is 199 Å². The zero-order valence-electron chi connectivity index (χ0n) is 17.6. The number of urea groups is 1. The minimum Gasteiger partial charge on any atom is -0.484 e. The van der Waals surface area contributed by atoms with Gasteiger partial charge < -0.3 is 24.7 Å². The number of nitrogens with zero attached hydrogens (tertiary/aromatic N) is 1. The quantitative estimate of drug-likeness (QED) is 0.518. The first kappa shape index (κ1) is 23.2. The summed E-state index contributed by atoms with van der Waals surface area (Å²) >= 11 is 11.6. The van der Waals surface area contributed by atoms with Crippen LogP contribution >= 0.6 is 23.2 Å². The second-order valence-electron chi connectivity index (χ2n) is 7.75. The van der Waals surface area contributed by atoms with E-state index < -0.39 is 5.82 Å². The molecular formula is C23H22Cl2FN3O4. The molecule has 3 aromatic rings. The summed E-state index contributed by atoms with van der Waals surface area (Å²) < 4.78 is 24.4. The standard InChI is InChI=1S/C23H22Cl2FN3O4/c24-15-1-4-21-14(9-15)10-18(33-21)12-27-23(31)29-7-5-16(6-8-29)28-22(30)13-32-17-2-3-19(25)20(26)11-17/h1-4,9-11,16H,5-8,12-13H2,(H,27,31)(H,28,30). The van der Waals surface area contributed by atoms with Crippen LogP contribution in [0.2, 0.25) is 10.0 Å². The SMILES string of the molecule is O=C(COc1ccc(Cl)c(F)c1)NC1CCN(C(=O)NCc2cc3cc(Cl)ccc3o2)CC1. The molecule has 0 radical (unpaired) electrons. The number of nitrogens with one attached hydrogen (secondary N) is 2. The van der Waals surface area contributed by atoms with Gasteiger partial charge >= 0.3 is 6.03 Å². The molecule has 3 amide bonds. The van der Waals surface area contributed by atoms with Gasteiger partial charge in [-0.2, -0.15) is 0 Å². The Hall–Kier alpha value is -2.97. The monoisotopic (exact) mass is 493 g/mol. The smallest absolute Gasteiger partial charge is 0.317 e. The van der Waals surface area contributed by atoms with Gasteiger partial charge in [-0.3, -0.25) is 4.79 Å². The van der Waals surface area contributed by atoms with Crippen molar-refractivity contribution in [2.24, 2.45) is 0 Å². The van der Waals surface area contributed by atoms with Crippen molar-refractivity contribution in [1.29, 1.82) is 0 Å². The molecule has 174 valence electrons. The maximum absolute atomic E-state index is 13.4. The Bertz CT molecular complexity index is 1160. The van der Waals surface area contributed by atoms with Crippen LogP contribution in [0.1, 0.15) is 18.6 Å². The van der Waals surface area contributed by atoms with E-state index in [-0.39, 0.29) is 41.9 Å². The first-order valence-electron chi connectivity index (χ1n) is 10.5. The van der Waals surface area contributed by atoms with Crippen molar-refractivity contribution >= 4 is 46.1 Å². The van der Waals surface area contributed by atoms with Gasteiger partial charge in [0, 0.05) is 35.6 Å². The van der Waals surface area contributed by atoms with Gasteiger partial charge in [0.05, 0.1) is 11.6 Å². The van der Waals surface area contributed by atoms with Crippen molar-refractivity contribution in [2.45, 2.75) is 25.4 Å². The molecule has 4 rings (SSSR count). The normalized spacial score (nSPS) is 14.3. The van der Waals surface area contributed by atoms with Crippen LogP contribution in [0.5, 0.6) is 5.75 Å². The third kappa shape index (κ3) is 6.09. The van der Waals surface area contributed by atoms with Crippen molar-refractivity contribution in [3.8, 4) is 5.75 Å². The summed E-state index contributed by atoms with van der Waals surface area (Å²) in [6.45, 7) is 1.06. The summed E-state index contributed by atoms with van der Waals surface area (Å²) in [5, 5.41) is 7.24. The minimum absolute atomic E-state index is 0.00917. The number of benzene rings is 2. The van der Waals surface area contributed by atoms with Crippen molar-refractivity contribution < 1.29 is 23.1 Å². The lowest BCUT2D eigenvalue weighted by molar-refractivity contribution is -0.124. The lowest BCUT2D eigenvalue weighted by Crippen LogP contribution is -2.49. The van der Waals surface area contributed by atoms with E-state index in [0.29, 0.717) is 42.3 Å². The topological polar surface area (TPSA) is 83.8 Å². The molecule has 10 heteroatoms. The second-order valence-corrected chi connectivity index (χ2v) is 8.59. The van der Waals surface area contributed by atoms with Crippen LogP contribution in [-0.4, -0.2) is 42.6 Å². The molecule has 0 spiro atoms. The highest BCUT2D eigenvalue weighted by Gasteiger charge is 2.24. The molecule has 1 aromatic heterocycles. The molecule has 2 aromatic carbocycles. The molecule has 7 nitrogen and oxygen atoms in total. The van der Waals surface area contributed by atoms with E-state index in [0.717, 1.165) is 11.5 Å². The number of hydrogen-bond donors (Lipinski definition) is 2. The number of fused-ring (bicyclic) bond motifs is 1. The Balaban J connectivity index is 1.18. The lowest BCUT2D eigenvalue weighted by atomic mass is 10.1. The average Bonchev–Trinajstić information content (AvgIpc) is 3.21. The first-order chi connectivity index (χ1) is 15.9. The van der Waals surface area contributed by atoms with Gasteiger partial charge in [0.2, 0.25) is 0 Å². The van der Waals surface area contributed by atoms with E-state index >= 15 is 0 Å². The van der Waals surface area contributed by atoms with E-state index in [9.17, 15) is 14.0 Å². The first-order valence-corrected chi connectivity index (χ1v) is 11.2. The van der Waals surface area contributed by atoms with E-state index in [1.807, 2.05) is 12.1 Å². The van der Waals surface area contributed by atoms with Gasteiger partial charge in [-0.1, -0.05) is 23.2 Å². The van der Waals surface area contributed by atoms with Crippen LogP contribution in [0, 0.1) is 5.82 Å². The van der Waals surface area contributed by atoms with Crippen molar-refractivity contribution in [2.75, 3.05) is 19.7 Å². The van der Waals surface area contributed by atoms with Crippen LogP contribution in [0.4, 0.5) is 9.18 Å². The molecule has 0 aliphatic carbocycles. The number of hydrogen-bond acceptors (Lipinski definition) is 4. The molecule has 1 saturated heterocycles. The fraction of sp³-hybridized carbons (Fsp3) is 0.304. The Kier molecular flexibility index (Phi) is 7.25. The van der Waals surface area contributed by atoms with Gasteiger partial charge in [-0.05, 0) is 49.2 Å². The molecule has 2 N–H and O–H groups in total. The fourth-order valence-corrected chi connectivity index (χ4v) is 3.94. The maximum atomic E-state index is 13.4. The van der Waals surface area contributed by atoms with Crippen LogP contribution < -0.4 is 15.4 Å². The van der Waals surface area contributed by atoms with Crippen LogP contribution in [0.25, 0.3) is 11.0 Å². The van der Waals surface area contributed by atoms with Crippen LogP contribution in [0.15, 0.2) is 46.9 Å². The molecule has 0 saturated carbocycles. The summed E-state index contributed by atoms with van der Waals surface area (Å²) in [5.41, 5.74) is 0.713. The Morgan fingerprint density at radius 1 is 1.12 bits per heavy atom. The predicted molar refractivity (Wildman–Crippen MR) is 123 cm³/mol. The van der Waals surface area contributed by atoms with Gasteiger partial charge in [-0.15, -0.1) is 0 Å². The number of rotatable bonds is 6. The third-order valence-corrected chi connectivity index (χ3v) is 5.89. The summed E-state index contributed by atoms with van der Waals surface area (Å²) in [4.78, 5) is 26.3. The van der Waals surface area contributed by atoms with E-state index in [1.54, 1.807) is 17.0 Å².